The van der Waals surface area contributed by atoms with Crippen LogP contribution in [0.15, 0.2) is 23.7 Å². The van der Waals surface area contributed by atoms with Crippen LogP contribution in [0.4, 0.5) is 0 Å². The fraction of sp³-hybridized carbons (Fsp3) is 0.286. The molecular formula is C14H16N2O2S. The molecule has 0 unspecified atom stereocenters. The van der Waals surface area contributed by atoms with Crippen molar-refractivity contribution in [2.24, 2.45) is 0 Å². The number of carbonyl (C=O) groups excluding carboxylic acids is 1. The summed E-state index contributed by atoms with van der Waals surface area (Å²) >= 11 is 1.61. The van der Waals surface area contributed by atoms with Crippen molar-refractivity contribution < 1.29 is 9.53 Å². The summed E-state index contributed by atoms with van der Waals surface area (Å²) in [5.74, 6) is 0.725. The number of rotatable bonds is 4. The first-order valence-electron chi connectivity index (χ1n) is 5.93. The van der Waals surface area contributed by atoms with Crippen molar-refractivity contribution in [1.82, 2.24) is 10.3 Å². The van der Waals surface area contributed by atoms with Gasteiger partial charge >= 0.3 is 0 Å². The molecule has 1 aromatic heterocycles. The largest absolute Gasteiger partial charge is 0.496 e. The average Bonchev–Trinajstić information content (AvgIpc) is 2.82. The van der Waals surface area contributed by atoms with E-state index in [4.69, 9.17) is 4.74 Å². The number of benzene rings is 1. The van der Waals surface area contributed by atoms with E-state index < -0.39 is 0 Å². The van der Waals surface area contributed by atoms with Crippen molar-refractivity contribution >= 4 is 17.2 Å². The SMILES string of the molecule is COc1cc(-c2scnc2C)ccc1CNC(C)=O. The maximum Gasteiger partial charge on any atom is 0.217 e. The highest BCUT2D eigenvalue weighted by molar-refractivity contribution is 7.13. The Morgan fingerprint density at radius 2 is 2.26 bits per heavy atom. The average molecular weight is 276 g/mol. The topological polar surface area (TPSA) is 51.2 Å². The molecule has 0 aliphatic heterocycles. The maximum absolute atomic E-state index is 11.0. The van der Waals surface area contributed by atoms with E-state index in [2.05, 4.69) is 10.3 Å². The third-order valence-corrected chi connectivity index (χ3v) is 3.80. The number of ether oxygens (including phenoxy) is 1. The Morgan fingerprint density at radius 3 is 2.84 bits per heavy atom. The van der Waals surface area contributed by atoms with Gasteiger partial charge in [0.15, 0.2) is 0 Å². The van der Waals surface area contributed by atoms with E-state index >= 15 is 0 Å². The first-order valence-corrected chi connectivity index (χ1v) is 6.81. The lowest BCUT2D eigenvalue weighted by Crippen LogP contribution is -2.19. The molecule has 1 aromatic carbocycles. The van der Waals surface area contributed by atoms with Gasteiger partial charge in [0.25, 0.3) is 0 Å². The monoisotopic (exact) mass is 276 g/mol. The minimum Gasteiger partial charge on any atom is -0.496 e. The molecule has 0 spiro atoms. The molecule has 0 atom stereocenters. The highest BCUT2D eigenvalue weighted by Crippen LogP contribution is 2.31. The van der Waals surface area contributed by atoms with Crippen molar-refractivity contribution in [3.05, 3.63) is 35.0 Å². The lowest BCUT2D eigenvalue weighted by Gasteiger charge is -2.10. The van der Waals surface area contributed by atoms with Gasteiger partial charge in [0.05, 0.1) is 23.2 Å². The molecule has 0 aliphatic rings. The molecule has 4 nitrogen and oxygen atoms in total. The second kappa shape index (κ2) is 5.84. The minimum absolute atomic E-state index is 0.0515. The van der Waals surface area contributed by atoms with E-state index in [0.29, 0.717) is 6.54 Å². The van der Waals surface area contributed by atoms with E-state index in [1.807, 2.05) is 30.6 Å². The van der Waals surface area contributed by atoms with Crippen LogP contribution in [0.5, 0.6) is 5.75 Å². The third kappa shape index (κ3) is 3.12. The van der Waals surface area contributed by atoms with Crippen LogP contribution in [0, 0.1) is 6.92 Å². The second-order valence-corrected chi connectivity index (χ2v) is 5.06. The van der Waals surface area contributed by atoms with Crippen molar-refractivity contribution in [3.8, 4) is 16.2 Å². The Kier molecular flexibility index (Phi) is 4.16. The Morgan fingerprint density at radius 1 is 1.47 bits per heavy atom. The van der Waals surface area contributed by atoms with Crippen LogP contribution in [0.1, 0.15) is 18.2 Å². The predicted octanol–water partition coefficient (Wildman–Crippen LogP) is 2.76. The van der Waals surface area contributed by atoms with Crippen LogP contribution in [-0.4, -0.2) is 18.0 Å². The maximum atomic E-state index is 11.0. The molecule has 5 heteroatoms. The van der Waals surface area contributed by atoms with Gasteiger partial charge < -0.3 is 10.1 Å². The zero-order valence-electron chi connectivity index (χ0n) is 11.2. The lowest BCUT2D eigenvalue weighted by molar-refractivity contribution is -0.119. The zero-order chi connectivity index (χ0) is 13.8. The standard InChI is InChI=1S/C14H16N2O2S/c1-9-14(19-8-16-9)11-4-5-12(7-15-10(2)17)13(6-11)18-3/h4-6,8H,7H2,1-3H3,(H,15,17). The zero-order valence-corrected chi connectivity index (χ0v) is 12.0. The van der Waals surface area contributed by atoms with Gasteiger partial charge in [-0.05, 0) is 18.6 Å². The molecule has 0 saturated heterocycles. The molecule has 100 valence electrons. The number of carbonyl (C=O) groups is 1. The molecule has 1 heterocycles. The number of nitrogens with one attached hydrogen (secondary N) is 1. The number of amides is 1. The molecule has 0 radical (unpaired) electrons. The Hall–Kier alpha value is -1.88. The van der Waals surface area contributed by atoms with Gasteiger partial charge in [-0.25, -0.2) is 4.98 Å². The number of aryl methyl sites for hydroxylation is 1. The highest BCUT2D eigenvalue weighted by Gasteiger charge is 2.09. The number of hydrogen-bond acceptors (Lipinski definition) is 4. The smallest absolute Gasteiger partial charge is 0.217 e. The summed E-state index contributed by atoms with van der Waals surface area (Å²) in [5, 5.41) is 2.77. The summed E-state index contributed by atoms with van der Waals surface area (Å²) in [6, 6.07) is 5.99. The minimum atomic E-state index is -0.0515. The van der Waals surface area contributed by atoms with Gasteiger partial charge in [-0.15, -0.1) is 11.3 Å². The molecule has 19 heavy (non-hydrogen) atoms. The molecule has 1 N–H and O–H groups in total. The molecule has 0 saturated carbocycles. The van der Waals surface area contributed by atoms with Crippen molar-refractivity contribution in [2.45, 2.75) is 20.4 Å². The van der Waals surface area contributed by atoms with Gasteiger partial charge in [-0.1, -0.05) is 12.1 Å². The van der Waals surface area contributed by atoms with Crippen molar-refractivity contribution in [3.63, 3.8) is 0 Å². The van der Waals surface area contributed by atoms with Gasteiger partial charge in [0.2, 0.25) is 5.91 Å². The summed E-state index contributed by atoms with van der Waals surface area (Å²) in [6.07, 6.45) is 0. The summed E-state index contributed by atoms with van der Waals surface area (Å²) in [6.45, 7) is 3.96. The molecular weight excluding hydrogens is 260 g/mol. The van der Waals surface area contributed by atoms with Gasteiger partial charge in [-0.3, -0.25) is 4.79 Å². The lowest BCUT2D eigenvalue weighted by atomic mass is 10.1. The van der Waals surface area contributed by atoms with Crippen LogP contribution in [0.25, 0.3) is 10.4 Å². The van der Waals surface area contributed by atoms with E-state index in [-0.39, 0.29) is 5.91 Å². The van der Waals surface area contributed by atoms with E-state index in [0.717, 1.165) is 27.4 Å². The van der Waals surface area contributed by atoms with E-state index in [9.17, 15) is 4.79 Å². The highest BCUT2D eigenvalue weighted by atomic mass is 32.1. The number of aromatic nitrogens is 1. The van der Waals surface area contributed by atoms with Gasteiger partial charge in [0, 0.05) is 19.0 Å². The molecule has 0 fully saturated rings. The first-order chi connectivity index (χ1) is 9.11. The van der Waals surface area contributed by atoms with Crippen molar-refractivity contribution in [2.75, 3.05) is 7.11 Å². The molecule has 2 aromatic rings. The molecule has 0 aliphatic carbocycles. The van der Waals surface area contributed by atoms with Crippen LogP contribution in [-0.2, 0) is 11.3 Å². The Labute approximate surface area is 116 Å². The Balaban J connectivity index is 2.30. The van der Waals surface area contributed by atoms with Crippen LogP contribution in [0.2, 0.25) is 0 Å². The Bertz CT molecular complexity index is 593. The molecule has 1 amide bonds. The van der Waals surface area contributed by atoms with Crippen LogP contribution < -0.4 is 10.1 Å². The first kappa shape index (κ1) is 13.5. The second-order valence-electron chi connectivity index (χ2n) is 4.20. The van der Waals surface area contributed by atoms with Crippen molar-refractivity contribution in [1.29, 1.82) is 0 Å². The summed E-state index contributed by atoms with van der Waals surface area (Å²) < 4.78 is 5.39. The fourth-order valence-electron chi connectivity index (χ4n) is 1.83. The summed E-state index contributed by atoms with van der Waals surface area (Å²) in [4.78, 5) is 16.4. The normalized spacial score (nSPS) is 10.3. The van der Waals surface area contributed by atoms with E-state index in [1.165, 1.54) is 6.92 Å². The summed E-state index contributed by atoms with van der Waals surface area (Å²) in [7, 11) is 1.63. The van der Waals surface area contributed by atoms with Crippen LogP contribution in [0.3, 0.4) is 0 Å². The molecule has 0 bridgehead atoms. The number of thiazole rings is 1. The number of nitrogens with zero attached hydrogens (tertiary/aromatic N) is 1. The van der Waals surface area contributed by atoms with Crippen LogP contribution >= 0.6 is 11.3 Å². The number of hydrogen-bond donors (Lipinski definition) is 1. The predicted molar refractivity (Wildman–Crippen MR) is 76.4 cm³/mol. The summed E-state index contributed by atoms with van der Waals surface area (Å²) in [5.41, 5.74) is 4.90. The van der Waals surface area contributed by atoms with Gasteiger partial charge in [0.1, 0.15) is 5.75 Å². The fourth-order valence-corrected chi connectivity index (χ4v) is 2.63. The van der Waals surface area contributed by atoms with E-state index in [1.54, 1.807) is 18.4 Å². The number of methoxy groups -OCH3 is 1. The quantitative estimate of drug-likeness (QED) is 0.934. The van der Waals surface area contributed by atoms with Gasteiger partial charge in [-0.2, -0.15) is 0 Å². The molecule has 2 rings (SSSR count). The third-order valence-electron chi connectivity index (χ3n) is 2.82.